The molecule has 0 fully saturated rings. The van der Waals surface area contributed by atoms with Gasteiger partial charge in [0.2, 0.25) is 0 Å². The Kier molecular flexibility index (Phi) is 3.34. The van der Waals surface area contributed by atoms with Crippen LogP contribution in [0.4, 0.5) is 0 Å². The fourth-order valence-corrected chi connectivity index (χ4v) is 0.909. The summed E-state index contributed by atoms with van der Waals surface area (Å²) in [6.07, 6.45) is -0.844. The molecular formula is C10H12O4. The van der Waals surface area contributed by atoms with Crippen LogP contribution in [0.25, 0.3) is 0 Å². The van der Waals surface area contributed by atoms with Crippen molar-refractivity contribution in [1.29, 1.82) is 0 Å². The Bertz CT molecular complexity index is 304. The normalized spacial score (nSPS) is 11.9. The summed E-state index contributed by atoms with van der Waals surface area (Å²) >= 11 is 0. The minimum atomic E-state index is -0.985. The maximum Gasteiger partial charge on any atom is 0.344 e. The molecule has 0 aliphatic rings. The Morgan fingerprint density at radius 1 is 1.29 bits per heavy atom. The summed E-state index contributed by atoms with van der Waals surface area (Å²) in [4.78, 5) is 10.5. The van der Waals surface area contributed by atoms with Gasteiger partial charge in [-0.25, -0.2) is 4.79 Å². The highest BCUT2D eigenvalue weighted by atomic mass is 16.5. The molecule has 1 N–H and O–H groups in total. The summed E-state index contributed by atoms with van der Waals surface area (Å²) in [7, 11) is 1.57. The van der Waals surface area contributed by atoms with Gasteiger partial charge in [-0.3, -0.25) is 0 Å². The Labute approximate surface area is 82.1 Å². The lowest BCUT2D eigenvalue weighted by molar-refractivity contribution is -0.144. The molecule has 0 aromatic heterocycles. The number of methoxy groups -OCH3 is 1. The van der Waals surface area contributed by atoms with Crippen molar-refractivity contribution >= 4 is 5.97 Å². The molecule has 1 aromatic carbocycles. The van der Waals surface area contributed by atoms with E-state index in [0.717, 1.165) is 0 Å². The highest BCUT2D eigenvalue weighted by Gasteiger charge is 2.11. The van der Waals surface area contributed by atoms with Crippen molar-refractivity contribution < 1.29 is 19.4 Å². The van der Waals surface area contributed by atoms with Crippen LogP contribution in [0.2, 0.25) is 0 Å². The summed E-state index contributed by atoms with van der Waals surface area (Å²) < 4.78 is 10.1. The minimum Gasteiger partial charge on any atom is -0.497 e. The van der Waals surface area contributed by atoms with Crippen molar-refractivity contribution in [2.45, 2.75) is 13.0 Å². The van der Waals surface area contributed by atoms with E-state index in [0.29, 0.717) is 11.5 Å². The van der Waals surface area contributed by atoms with Crippen molar-refractivity contribution in [3.8, 4) is 11.5 Å². The Balaban J connectivity index is 2.64. The van der Waals surface area contributed by atoms with E-state index in [-0.39, 0.29) is 0 Å². The fraction of sp³-hybridized carbons (Fsp3) is 0.300. The molecule has 1 aromatic rings. The van der Waals surface area contributed by atoms with Crippen LogP contribution < -0.4 is 9.47 Å². The van der Waals surface area contributed by atoms with E-state index in [9.17, 15) is 4.79 Å². The van der Waals surface area contributed by atoms with Crippen molar-refractivity contribution in [1.82, 2.24) is 0 Å². The summed E-state index contributed by atoms with van der Waals surface area (Å²) in [5.74, 6) is 0.238. The van der Waals surface area contributed by atoms with Gasteiger partial charge < -0.3 is 14.6 Å². The third-order valence-corrected chi connectivity index (χ3v) is 1.72. The quantitative estimate of drug-likeness (QED) is 0.793. The molecule has 0 aliphatic heterocycles. The standard InChI is InChI=1S/C10H12O4/c1-7(10(11)12)14-9-5-3-8(13-2)4-6-9/h3-7H,1-2H3,(H,11,12). The van der Waals surface area contributed by atoms with E-state index in [1.54, 1.807) is 31.4 Å². The van der Waals surface area contributed by atoms with Crippen LogP contribution in [0.5, 0.6) is 11.5 Å². The topological polar surface area (TPSA) is 55.8 Å². The Morgan fingerprint density at radius 2 is 1.79 bits per heavy atom. The zero-order valence-electron chi connectivity index (χ0n) is 8.06. The molecule has 4 nitrogen and oxygen atoms in total. The molecule has 0 spiro atoms. The number of ether oxygens (including phenoxy) is 2. The van der Waals surface area contributed by atoms with Gasteiger partial charge in [-0.2, -0.15) is 0 Å². The van der Waals surface area contributed by atoms with Crippen LogP contribution >= 0.6 is 0 Å². The maximum atomic E-state index is 10.5. The summed E-state index contributed by atoms with van der Waals surface area (Å²) in [5, 5.41) is 8.59. The van der Waals surface area contributed by atoms with E-state index < -0.39 is 12.1 Å². The lowest BCUT2D eigenvalue weighted by Crippen LogP contribution is -2.22. The second kappa shape index (κ2) is 4.50. The van der Waals surface area contributed by atoms with Gasteiger partial charge in [0, 0.05) is 0 Å². The van der Waals surface area contributed by atoms with Crippen LogP contribution in [0, 0.1) is 0 Å². The molecule has 0 amide bonds. The summed E-state index contributed by atoms with van der Waals surface area (Å²) in [5.41, 5.74) is 0. The number of carboxylic acids is 1. The van der Waals surface area contributed by atoms with Crippen LogP contribution in [-0.4, -0.2) is 24.3 Å². The van der Waals surface area contributed by atoms with Gasteiger partial charge >= 0.3 is 5.97 Å². The highest BCUT2D eigenvalue weighted by Crippen LogP contribution is 2.17. The third-order valence-electron chi connectivity index (χ3n) is 1.72. The highest BCUT2D eigenvalue weighted by molar-refractivity contribution is 5.72. The molecule has 0 bridgehead atoms. The molecule has 1 atom stereocenters. The lowest BCUT2D eigenvalue weighted by atomic mass is 10.3. The van der Waals surface area contributed by atoms with Crippen molar-refractivity contribution in [2.75, 3.05) is 7.11 Å². The van der Waals surface area contributed by atoms with Crippen LogP contribution in [0.3, 0.4) is 0 Å². The van der Waals surface area contributed by atoms with Gasteiger partial charge in [-0.05, 0) is 31.2 Å². The predicted octanol–water partition coefficient (Wildman–Crippen LogP) is 1.55. The molecule has 76 valence electrons. The number of rotatable bonds is 4. The van der Waals surface area contributed by atoms with Crippen LogP contribution in [0.15, 0.2) is 24.3 Å². The van der Waals surface area contributed by atoms with Gasteiger partial charge in [0.25, 0.3) is 0 Å². The van der Waals surface area contributed by atoms with E-state index in [2.05, 4.69) is 0 Å². The SMILES string of the molecule is COc1ccc(OC(C)C(=O)O)cc1. The first-order chi connectivity index (χ1) is 6.63. The average Bonchev–Trinajstić information content (AvgIpc) is 2.19. The smallest absolute Gasteiger partial charge is 0.344 e. The maximum absolute atomic E-state index is 10.5. The average molecular weight is 196 g/mol. The Morgan fingerprint density at radius 3 is 2.21 bits per heavy atom. The van der Waals surface area contributed by atoms with Crippen molar-refractivity contribution in [2.24, 2.45) is 0 Å². The second-order valence-electron chi connectivity index (χ2n) is 2.77. The van der Waals surface area contributed by atoms with Gasteiger partial charge in [0.05, 0.1) is 7.11 Å². The van der Waals surface area contributed by atoms with Gasteiger partial charge in [0.15, 0.2) is 6.10 Å². The molecule has 0 aliphatic carbocycles. The molecule has 0 saturated carbocycles. The largest absolute Gasteiger partial charge is 0.497 e. The molecule has 4 heteroatoms. The number of hydrogen-bond donors (Lipinski definition) is 1. The predicted molar refractivity (Wildman–Crippen MR) is 50.7 cm³/mol. The summed E-state index contributed by atoms with van der Waals surface area (Å²) in [6.45, 7) is 1.48. The molecule has 0 radical (unpaired) electrons. The molecule has 0 saturated heterocycles. The van der Waals surface area contributed by atoms with Crippen molar-refractivity contribution in [3.63, 3.8) is 0 Å². The van der Waals surface area contributed by atoms with Crippen molar-refractivity contribution in [3.05, 3.63) is 24.3 Å². The first-order valence-corrected chi connectivity index (χ1v) is 4.17. The third kappa shape index (κ3) is 2.65. The first-order valence-electron chi connectivity index (χ1n) is 4.17. The minimum absolute atomic E-state index is 0.515. The molecule has 1 rings (SSSR count). The number of benzene rings is 1. The Hall–Kier alpha value is -1.71. The molecule has 1 unspecified atom stereocenters. The number of hydrogen-bond acceptors (Lipinski definition) is 3. The number of carboxylic acid groups (broad SMARTS) is 1. The number of carbonyl (C=O) groups is 1. The van der Waals surface area contributed by atoms with Gasteiger partial charge in [-0.15, -0.1) is 0 Å². The van der Waals surface area contributed by atoms with E-state index in [1.165, 1.54) is 6.92 Å². The summed E-state index contributed by atoms with van der Waals surface area (Å²) in [6, 6.07) is 6.75. The van der Waals surface area contributed by atoms with Crippen LogP contribution in [0.1, 0.15) is 6.92 Å². The number of aliphatic carboxylic acids is 1. The molecule has 14 heavy (non-hydrogen) atoms. The molecule has 0 heterocycles. The van der Waals surface area contributed by atoms with Gasteiger partial charge in [-0.1, -0.05) is 0 Å². The van der Waals surface area contributed by atoms with E-state index in [4.69, 9.17) is 14.6 Å². The lowest BCUT2D eigenvalue weighted by Gasteiger charge is -2.10. The van der Waals surface area contributed by atoms with Gasteiger partial charge in [0.1, 0.15) is 11.5 Å². The monoisotopic (exact) mass is 196 g/mol. The molecular weight excluding hydrogens is 184 g/mol. The zero-order chi connectivity index (χ0) is 10.6. The zero-order valence-corrected chi connectivity index (χ0v) is 8.06. The van der Waals surface area contributed by atoms with Crippen LogP contribution in [-0.2, 0) is 4.79 Å². The first kappa shape index (κ1) is 10.4. The fourth-order valence-electron chi connectivity index (χ4n) is 0.909. The second-order valence-corrected chi connectivity index (χ2v) is 2.77. The van der Waals surface area contributed by atoms with E-state index in [1.807, 2.05) is 0 Å². The van der Waals surface area contributed by atoms with E-state index >= 15 is 0 Å².